The Kier molecular flexibility index (Phi) is 6.62. The third kappa shape index (κ3) is 5.33. The Morgan fingerprint density at radius 1 is 1.12 bits per heavy atom. The van der Waals surface area contributed by atoms with Gasteiger partial charge in [0.25, 0.3) is 11.6 Å². The number of aryl methyl sites for hydroxylation is 1. The highest BCUT2D eigenvalue weighted by Crippen LogP contribution is 2.32. The van der Waals surface area contributed by atoms with E-state index in [0.29, 0.717) is 28.6 Å². The molecule has 166 valence electrons. The summed E-state index contributed by atoms with van der Waals surface area (Å²) in [6.07, 6.45) is 1.52. The second kappa shape index (κ2) is 9.76. The number of benzene rings is 2. The lowest BCUT2D eigenvalue weighted by atomic mass is 10.1. The normalized spacial score (nSPS) is 11.4. The molecule has 0 aliphatic rings. The first-order chi connectivity index (χ1) is 15.9. The third-order valence-electron chi connectivity index (χ3n) is 4.66. The van der Waals surface area contributed by atoms with Crippen molar-refractivity contribution in [2.75, 3.05) is 0 Å². The minimum Gasteiger partial charge on any atom is -0.456 e. The Balaban J connectivity index is 1.46. The molecule has 2 heterocycles. The molecule has 8 nitrogen and oxygen atoms in total. The lowest BCUT2D eigenvalue weighted by Crippen LogP contribution is -2.22. The lowest BCUT2D eigenvalue weighted by molar-refractivity contribution is -0.384. The number of nitro benzene ring substituents is 1. The summed E-state index contributed by atoms with van der Waals surface area (Å²) >= 11 is 7.40. The highest BCUT2D eigenvalue weighted by Gasteiger charge is 2.18. The number of nitrogens with one attached hydrogen (secondary N) is 1. The molecule has 0 atom stereocenters. The van der Waals surface area contributed by atoms with Crippen molar-refractivity contribution in [1.82, 2.24) is 15.5 Å². The van der Waals surface area contributed by atoms with Crippen LogP contribution in [0, 0.1) is 17.0 Å². The van der Waals surface area contributed by atoms with E-state index < -0.39 is 4.92 Å². The van der Waals surface area contributed by atoms with Crippen LogP contribution in [0.1, 0.15) is 31.7 Å². The number of nitro groups is 1. The fourth-order valence-electron chi connectivity index (χ4n) is 2.98. The molecular formula is C23H17ClN4O4S. The summed E-state index contributed by atoms with van der Waals surface area (Å²) in [4.78, 5) is 23.2. The van der Waals surface area contributed by atoms with Gasteiger partial charge in [0.15, 0.2) is 5.01 Å². The monoisotopic (exact) mass is 480 g/mol. The largest absolute Gasteiger partial charge is 0.456 e. The summed E-state index contributed by atoms with van der Waals surface area (Å²) in [6, 6.07) is 17.4. The van der Waals surface area contributed by atoms with Crippen molar-refractivity contribution < 1.29 is 14.1 Å². The molecule has 0 unspecified atom stereocenters. The van der Waals surface area contributed by atoms with Crippen LogP contribution in [0.5, 0.6) is 0 Å². The van der Waals surface area contributed by atoms with Crippen molar-refractivity contribution in [3.05, 3.63) is 97.7 Å². The van der Waals surface area contributed by atoms with Crippen molar-refractivity contribution in [1.29, 1.82) is 0 Å². The summed E-state index contributed by atoms with van der Waals surface area (Å²) in [5, 5.41) is 22.7. The van der Waals surface area contributed by atoms with Crippen molar-refractivity contribution in [3.63, 3.8) is 0 Å². The topological polar surface area (TPSA) is 111 Å². The van der Waals surface area contributed by atoms with Crippen molar-refractivity contribution in [2.24, 2.45) is 0 Å². The second-order valence-corrected chi connectivity index (χ2v) is 8.43. The van der Waals surface area contributed by atoms with Gasteiger partial charge < -0.3 is 9.73 Å². The van der Waals surface area contributed by atoms with E-state index in [2.05, 4.69) is 15.5 Å². The van der Waals surface area contributed by atoms with E-state index >= 15 is 0 Å². The molecular weight excluding hydrogens is 464 g/mol. The molecule has 0 aliphatic carbocycles. The first kappa shape index (κ1) is 22.4. The molecule has 0 aliphatic heterocycles. The molecule has 1 amide bonds. The first-order valence-electron chi connectivity index (χ1n) is 9.79. The number of aromatic nitrogens is 2. The van der Waals surface area contributed by atoms with Crippen LogP contribution in [0.25, 0.3) is 22.4 Å². The van der Waals surface area contributed by atoms with Crippen LogP contribution < -0.4 is 5.32 Å². The van der Waals surface area contributed by atoms with Gasteiger partial charge in [-0.15, -0.1) is 10.2 Å². The average Bonchev–Trinajstić information content (AvgIpc) is 3.49. The lowest BCUT2D eigenvalue weighted by Gasteiger charge is -2.03. The van der Waals surface area contributed by atoms with Crippen molar-refractivity contribution >= 4 is 45.6 Å². The number of carbonyl (C=O) groups is 1. The van der Waals surface area contributed by atoms with Gasteiger partial charge in [-0.2, -0.15) is 0 Å². The molecule has 2 aromatic heterocycles. The van der Waals surface area contributed by atoms with E-state index in [-0.39, 0.29) is 21.6 Å². The van der Waals surface area contributed by atoms with E-state index in [1.165, 1.54) is 12.1 Å². The molecule has 33 heavy (non-hydrogen) atoms. The van der Waals surface area contributed by atoms with Gasteiger partial charge in [0.1, 0.15) is 11.5 Å². The van der Waals surface area contributed by atoms with Gasteiger partial charge in [-0.05, 0) is 30.7 Å². The summed E-state index contributed by atoms with van der Waals surface area (Å²) in [6.45, 7) is 2.37. The highest BCUT2D eigenvalue weighted by molar-refractivity contribution is 7.15. The SMILES string of the molecule is Cc1ccc(CNC(=O)c2nnc(/C(Cl)=C/c3ccc(-c4ccccc4[N+](=O)[O-])o3)s2)cc1. The van der Waals surface area contributed by atoms with E-state index in [1.54, 1.807) is 30.3 Å². The molecule has 10 heteroatoms. The number of amides is 1. The standard InChI is InChI=1S/C23H17ClN4O4S/c1-14-6-8-15(9-7-14)13-25-21(29)23-27-26-22(33-23)18(24)12-16-10-11-20(32-16)17-4-2-3-5-19(17)28(30)31/h2-12H,13H2,1H3,(H,25,29)/b18-12-. The fraction of sp³-hybridized carbons (Fsp3) is 0.0870. The number of nitrogens with zero attached hydrogens (tertiary/aromatic N) is 3. The Labute approximate surface area is 197 Å². The number of carbonyl (C=O) groups excluding carboxylic acids is 1. The molecule has 2 aromatic carbocycles. The van der Waals surface area contributed by atoms with Gasteiger partial charge in [-0.3, -0.25) is 14.9 Å². The third-order valence-corrected chi connectivity index (χ3v) is 6.01. The van der Waals surface area contributed by atoms with Crippen LogP contribution >= 0.6 is 22.9 Å². The molecule has 4 rings (SSSR count). The maximum atomic E-state index is 12.4. The van der Waals surface area contributed by atoms with Gasteiger partial charge in [-0.1, -0.05) is 64.9 Å². The molecule has 0 radical (unpaired) electrons. The summed E-state index contributed by atoms with van der Waals surface area (Å²) in [7, 11) is 0. The Morgan fingerprint density at radius 3 is 2.61 bits per heavy atom. The molecule has 4 aromatic rings. The number of hydrogen-bond acceptors (Lipinski definition) is 7. The predicted octanol–water partition coefficient (Wildman–Crippen LogP) is 5.68. The van der Waals surface area contributed by atoms with Crippen LogP contribution in [0.15, 0.2) is 65.1 Å². The molecule has 0 bridgehead atoms. The van der Waals surface area contributed by atoms with Crippen molar-refractivity contribution in [3.8, 4) is 11.3 Å². The van der Waals surface area contributed by atoms with E-state index in [4.69, 9.17) is 16.0 Å². The molecule has 0 saturated carbocycles. The van der Waals surface area contributed by atoms with E-state index in [1.807, 2.05) is 31.2 Å². The van der Waals surface area contributed by atoms with Crippen LogP contribution in [0.4, 0.5) is 5.69 Å². The summed E-state index contributed by atoms with van der Waals surface area (Å²) in [5.74, 6) is 0.376. The number of halogens is 1. The minimum absolute atomic E-state index is 0.0566. The van der Waals surface area contributed by atoms with Gasteiger partial charge in [0.05, 0.1) is 15.5 Å². The van der Waals surface area contributed by atoms with Crippen LogP contribution in [0.2, 0.25) is 0 Å². The molecule has 0 saturated heterocycles. The summed E-state index contributed by atoms with van der Waals surface area (Å²) in [5.41, 5.74) is 2.43. The Hall–Kier alpha value is -3.82. The van der Waals surface area contributed by atoms with Gasteiger partial charge in [0, 0.05) is 18.7 Å². The number of para-hydroxylation sites is 1. The van der Waals surface area contributed by atoms with E-state index in [0.717, 1.165) is 22.5 Å². The highest BCUT2D eigenvalue weighted by atomic mass is 35.5. The molecule has 1 N–H and O–H groups in total. The smallest absolute Gasteiger partial charge is 0.282 e. The van der Waals surface area contributed by atoms with Gasteiger partial charge >= 0.3 is 0 Å². The molecule has 0 fully saturated rings. The minimum atomic E-state index is -0.465. The predicted molar refractivity (Wildman–Crippen MR) is 127 cm³/mol. The second-order valence-electron chi connectivity index (χ2n) is 7.05. The Bertz CT molecular complexity index is 1340. The number of rotatable bonds is 7. The zero-order valence-corrected chi connectivity index (χ0v) is 18.9. The van der Waals surface area contributed by atoms with Gasteiger partial charge in [-0.25, -0.2) is 0 Å². The first-order valence-corrected chi connectivity index (χ1v) is 11.0. The Morgan fingerprint density at radius 2 is 1.85 bits per heavy atom. The number of hydrogen-bond donors (Lipinski definition) is 1. The average molecular weight is 481 g/mol. The maximum absolute atomic E-state index is 12.4. The molecule has 0 spiro atoms. The fourth-order valence-corrected chi connectivity index (χ4v) is 3.91. The maximum Gasteiger partial charge on any atom is 0.282 e. The number of furan rings is 1. The zero-order valence-electron chi connectivity index (χ0n) is 17.3. The van der Waals surface area contributed by atoms with Crippen LogP contribution in [0.3, 0.4) is 0 Å². The van der Waals surface area contributed by atoms with Crippen molar-refractivity contribution in [2.45, 2.75) is 13.5 Å². The van der Waals surface area contributed by atoms with Crippen LogP contribution in [-0.2, 0) is 6.54 Å². The van der Waals surface area contributed by atoms with Gasteiger partial charge in [0.2, 0.25) is 5.01 Å². The van der Waals surface area contributed by atoms with Crippen LogP contribution in [-0.4, -0.2) is 21.0 Å². The van der Waals surface area contributed by atoms with E-state index in [9.17, 15) is 14.9 Å². The zero-order chi connectivity index (χ0) is 23.4. The summed E-state index contributed by atoms with van der Waals surface area (Å²) < 4.78 is 5.71. The quantitative estimate of drug-likeness (QED) is 0.269.